The summed E-state index contributed by atoms with van der Waals surface area (Å²) in [6, 6.07) is 7.73. The Labute approximate surface area is 192 Å². The van der Waals surface area contributed by atoms with Gasteiger partial charge in [-0.25, -0.2) is 8.78 Å². The second-order valence-corrected chi connectivity index (χ2v) is 9.30. The number of nitrogens with one attached hydrogen (secondary N) is 2. The Kier molecular flexibility index (Phi) is 5.04. The zero-order valence-corrected chi connectivity index (χ0v) is 18.0. The van der Waals surface area contributed by atoms with Gasteiger partial charge in [0.1, 0.15) is 11.5 Å². The van der Waals surface area contributed by atoms with Crippen LogP contribution in [0.2, 0.25) is 5.02 Å². The Bertz CT molecular complexity index is 1170. The van der Waals surface area contributed by atoms with Gasteiger partial charge in [-0.05, 0) is 49.6 Å². The van der Waals surface area contributed by atoms with E-state index in [1.165, 1.54) is 12.1 Å². The SMILES string of the molecule is O=C(COc1ccc(F)c(F)c1)NC12CC(NC(=O)[C@@H]3CC(=O)c4cc(Cl)ccc4O3)(C1)C2. The van der Waals surface area contributed by atoms with Crippen LogP contribution in [-0.4, -0.2) is 41.4 Å². The highest BCUT2D eigenvalue weighted by atomic mass is 35.5. The minimum absolute atomic E-state index is 0.0521. The third kappa shape index (κ3) is 4.01. The Balaban J connectivity index is 1.10. The van der Waals surface area contributed by atoms with Crippen molar-refractivity contribution >= 4 is 29.2 Å². The molecule has 0 aromatic heterocycles. The fraction of sp³-hybridized carbons (Fsp3) is 0.348. The van der Waals surface area contributed by atoms with Gasteiger partial charge in [0.15, 0.2) is 30.1 Å². The maximum absolute atomic E-state index is 13.2. The van der Waals surface area contributed by atoms with Crippen LogP contribution in [0.3, 0.4) is 0 Å². The van der Waals surface area contributed by atoms with Crippen molar-refractivity contribution in [1.82, 2.24) is 10.6 Å². The van der Waals surface area contributed by atoms with Gasteiger partial charge in [0, 0.05) is 22.2 Å². The largest absolute Gasteiger partial charge is 0.484 e. The summed E-state index contributed by atoms with van der Waals surface area (Å²) in [5, 5.41) is 6.25. The Morgan fingerprint density at radius 1 is 1.06 bits per heavy atom. The van der Waals surface area contributed by atoms with E-state index in [2.05, 4.69) is 10.6 Å². The summed E-state index contributed by atoms with van der Waals surface area (Å²) < 4.78 is 37.1. The first-order valence-electron chi connectivity index (χ1n) is 10.4. The van der Waals surface area contributed by atoms with Gasteiger partial charge in [-0.3, -0.25) is 14.4 Å². The number of ether oxygens (including phenoxy) is 2. The van der Waals surface area contributed by atoms with E-state index in [4.69, 9.17) is 21.1 Å². The van der Waals surface area contributed by atoms with Gasteiger partial charge in [-0.15, -0.1) is 0 Å². The zero-order valence-electron chi connectivity index (χ0n) is 17.3. The van der Waals surface area contributed by atoms with Crippen LogP contribution < -0.4 is 20.1 Å². The Morgan fingerprint density at radius 2 is 1.79 bits per heavy atom. The second kappa shape index (κ2) is 7.69. The van der Waals surface area contributed by atoms with Gasteiger partial charge in [-0.2, -0.15) is 0 Å². The predicted octanol–water partition coefficient (Wildman–Crippen LogP) is 2.94. The lowest BCUT2D eigenvalue weighted by molar-refractivity contribution is -0.154. The topological polar surface area (TPSA) is 93.7 Å². The molecule has 2 aromatic carbocycles. The molecule has 33 heavy (non-hydrogen) atoms. The number of carbonyl (C=O) groups excluding carboxylic acids is 3. The number of rotatable bonds is 6. The quantitative estimate of drug-likeness (QED) is 0.668. The van der Waals surface area contributed by atoms with Crippen LogP contribution in [0.4, 0.5) is 8.78 Å². The molecule has 2 aromatic rings. The van der Waals surface area contributed by atoms with E-state index in [1.54, 1.807) is 12.1 Å². The van der Waals surface area contributed by atoms with E-state index < -0.39 is 34.7 Å². The molecule has 1 aliphatic heterocycles. The lowest BCUT2D eigenvalue weighted by Crippen LogP contribution is -2.84. The normalized spacial score (nSPS) is 26.8. The Hall–Kier alpha value is -3.20. The van der Waals surface area contributed by atoms with Gasteiger partial charge < -0.3 is 20.1 Å². The van der Waals surface area contributed by atoms with Crippen LogP contribution in [0.15, 0.2) is 36.4 Å². The summed E-state index contributed by atoms with van der Waals surface area (Å²) in [7, 11) is 0. The minimum atomic E-state index is -1.05. The van der Waals surface area contributed by atoms with Gasteiger partial charge in [0.25, 0.3) is 11.8 Å². The maximum atomic E-state index is 13.2. The average Bonchev–Trinajstić information content (AvgIpc) is 2.72. The molecule has 172 valence electrons. The van der Waals surface area contributed by atoms with Crippen LogP contribution in [0.25, 0.3) is 0 Å². The van der Waals surface area contributed by atoms with E-state index in [9.17, 15) is 23.2 Å². The number of carbonyl (C=O) groups is 3. The van der Waals surface area contributed by atoms with E-state index >= 15 is 0 Å². The minimum Gasteiger partial charge on any atom is -0.484 e. The van der Waals surface area contributed by atoms with Gasteiger partial charge >= 0.3 is 0 Å². The number of amides is 2. The van der Waals surface area contributed by atoms with E-state index in [-0.39, 0.29) is 30.5 Å². The van der Waals surface area contributed by atoms with Crippen molar-refractivity contribution in [3.8, 4) is 11.5 Å². The molecule has 1 heterocycles. The fourth-order valence-corrected chi connectivity index (χ4v) is 5.06. The number of hydrogen-bond acceptors (Lipinski definition) is 5. The molecular formula is C23H19ClF2N2O5. The molecule has 3 aliphatic carbocycles. The van der Waals surface area contributed by atoms with Crippen LogP contribution in [-0.2, 0) is 9.59 Å². The lowest BCUT2D eigenvalue weighted by Gasteiger charge is -2.70. The molecule has 3 fully saturated rings. The number of Topliss-reactive ketones (excluding diaryl/α,β-unsaturated/α-hetero) is 1. The van der Waals surface area contributed by atoms with Crippen molar-refractivity contribution in [2.75, 3.05) is 6.61 Å². The molecule has 2 N–H and O–H groups in total. The number of ketones is 1. The molecule has 0 radical (unpaired) electrons. The van der Waals surface area contributed by atoms with Gasteiger partial charge in [-0.1, -0.05) is 11.6 Å². The van der Waals surface area contributed by atoms with Crippen molar-refractivity contribution in [2.45, 2.75) is 42.9 Å². The van der Waals surface area contributed by atoms with Crippen molar-refractivity contribution in [3.05, 3.63) is 58.6 Å². The average molecular weight is 477 g/mol. The van der Waals surface area contributed by atoms with Gasteiger partial charge in [0.2, 0.25) is 0 Å². The molecule has 0 spiro atoms. The summed E-state index contributed by atoms with van der Waals surface area (Å²) in [5.74, 6) is -2.64. The molecule has 3 saturated carbocycles. The zero-order chi connectivity index (χ0) is 23.4. The summed E-state index contributed by atoms with van der Waals surface area (Å²) in [5.41, 5.74) is -0.490. The highest BCUT2D eigenvalue weighted by molar-refractivity contribution is 6.31. The first kappa shape index (κ1) is 21.6. The molecule has 2 bridgehead atoms. The van der Waals surface area contributed by atoms with Crippen molar-refractivity contribution < 1.29 is 32.6 Å². The van der Waals surface area contributed by atoms with E-state index in [0.29, 0.717) is 35.6 Å². The van der Waals surface area contributed by atoms with Crippen LogP contribution in [0, 0.1) is 11.6 Å². The monoisotopic (exact) mass is 476 g/mol. The number of halogens is 3. The molecule has 10 heteroatoms. The van der Waals surface area contributed by atoms with Crippen molar-refractivity contribution in [1.29, 1.82) is 0 Å². The Morgan fingerprint density at radius 3 is 2.52 bits per heavy atom. The van der Waals surface area contributed by atoms with Crippen molar-refractivity contribution in [3.63, 3.8) is 0 Å². The fourth-order valence-electron chi connectivity index (χ4n) is 4.88. The van der Waals surface area contributed by atoms with E-state index in [0.717, 1.165) is 12.1 Å². The molecule has 2 amide bonds. The van der Waals surface area contributed by atoms with E-state index in [1.807, 2.05) is 0 Å². The molecule has 7 nitrogen and oxygen atoms in total. The predicted molar refractivity (Wildman–Crippen MR) is 112 cm³/mol. The molecule has 4 aliphatic rings. The summed E-state index contributed by atoms with van der Waals surface area (Å²) in [6.07, 6.45) is 0.661. The van der Waals surface area contributed by atoms with Gasteiger partial charge in [0.05, 0.1) is 12.0 Å². The van der Waals surface area contributed by atoms with Crippen LogP contribution in [0.1, 0.15) is 36.0 Å². The summed E-state index contributed by atoms with van der Waals surface area (Å²) >= 11 is 5.92. The highest BCUT2D eigenvalue weighted by Gasteiger charge is 2.69. The van der Waals surface area contributed by atoms with Crippen LogP contribution in [0.5, 0.6) is 11.5 Å². The third-order valence-electron chi connectivity index (χ3n) is 6.26. The third-order valence-corrected chi connectivity index (χ3v) is 6.49. The maximum Gasteiger partial charge on any atom is 0.261 e. The number of benzene rings is 2. The molecule has 0 unspecified atom stereocenters. The van der Waals surface area contributed by atoms with Crippen LogP contribution >= 0.6 is 11.6 Å². The standard InChI is InChI=1S/C23H19ClF2N2O5/c24-12-1-4-18-14(5-12)17(29)7-19(33-18)21(31)28-23-9-22(10-23,11-23)27-20(30)8-32-13-2-3-15(25)16(26)6-13/h1-6,19H,7-11H2,(H,27,30)(H,28,31)/t19-,22?,23?/m0/s1. The molecule has 0 saturated heterocycles. The first-order chi connectivity index (χ1) is 15.7. The summed E-state index contributed by atoms with van der Waals surface area (Å²) in [6.45, 7) is -0.340. The molecular weight excluding hydrogens is 458 g/mol. The molecule has 6 rings (SSSR count). The highest BCUT2D eigenvalue weighted by Crippen LogP contribution is 2.60. The summed E-state index contributed by atoms with van der Waals surface area (Å²) in [4.78, 5) is 37.3. The molecule has 1 atom stereocenters. The smallest absolute Gasteiger partial charge is 0.261 e. The second-order valence-electron chi connectivity index (χ2n) is 8.87. The lowest BCUT2D eigenvalue weighted by atomic mass is 9.44. The number of hydrogen-bond donors (Lipinski definition) is 2. The van der Waals surface area contributed by atoms with Crippen molar-refractivity contribution in [2.24, 2.45) is 0 Å². The first-order valence-corrected chi connectivity index (χ1v) is 10.7. The number of fused-ring (bicyclic) bond motifs is 1.